The molecule has 0 bridgehead atoms. The molecule has 0 fully saturated rings. The Morgan fingerprint density at radius 2 is 2.12 bits per heavy atom. The molecule has 0 spiro atoms. The predicted molar refractivity (Wildman–Crippen MR) is 65.5 cm³/mol. The van der Waals surface area contributed by atoms with Crippen LogP contribution in [0.15, 0.2) is 6.07 Å². The number of carbonyl (C=O) groups is 2. The fourth-order valence-electron chi connectivity index (χ4n) is 1.93. The minimum atomic E-state index is -1.01. The van der Waals surface area contributed by atoms with Gasteiger partial charge in [0.25, 0.3) is 5.91 Å². The Kier molecular flexibility index (Phi) is 3.47. The molecule has 0 radical (unpaired) electrons. The lowest BCUT2D eigenvalue weighted by Gasteiger charge is -2.08. The van der Waals surface area contributed by atoms with Gasteiger partial charge in [-0.05, 0) is 44.2 Å². The molecule has 5 heteroatoms. The molecule has 1 aliphatic rings. The van der Waals surface area contributed by atoms with Gasteiger partial charge in [0.1, 0.15) is 6.04 Å². The highest BCUT2D eigenvalue weighted by Crippen LogP contribution is 2.29. The molecule has 1 heterocycles. The molecule has 92 valence electrons. The third kappa shape index (κ3) is 2.66. The predicted octanol–water partition coefficient (Wildman–Crippen LogP) is 1.83. The first kappa shape index (κ1) is 12.1. The summed E-state index contributed by atoms with van der Waals surface area (Å²) >= 11 is 1.49. The molecule has 2 rings (SSSR count). The number of aliphatic carboxylic acids is 1. The zero-order valence-corrected chi connectivity index (χ0v) is 10.5. The van der Waals surface area contributed by atoms with E-state index in [2.05, 4.69) is 5.32 Å². The van der Waals surface area contributed by atoms with Gasteiger partial charge in [-0.1, -0.05) is 0 Å². The van der Waals surface area contributed by atoms with Crippen LogP contribution < -0.4 is 5.32 Å². The van der Waals surface area contributed by atoms with Gasteiger partial charge in [-0.2, -0.15) is 0 Å². The molecule has 0 unspecified atom stereocenters. The zero-order valence-electron chi connectivity index (χ0n) is 9.66. The Labute approximate surface area is 104 Å². The summed E-state index contributed by atoms with van der Waals surface area (Å²) in [5.74, 6) is -1.29. The maximum absolute atomic E-state index is 11.8. The van der Waals surface area contributed by atoms with E-state index in [1.54, 1.807) is 0 Å². The van der Waals surface area contributed by atoms with Gasteiger partial charge < -0.3 is 10.4 Å². The summed E-state index contributed by atoms with van der Waals surface area (Å²) in [4.78, 5) is 24.4. The smallest absolute Gasteiger partial charge is 0.325 e. The normalized spacial score (nSPS) is 16.1. The van der Waals surface area contributed by atoms with Gasteiger partial charge in [0.2, 0.25) is 0 Å². The topological polar surface area (TPSA) is 66.4 Å². The second kappa shape index (κ2) is 4.87. The van der Waals surface area contributed by atoms with Crippen LogP contribution in [0.1, 0.15) is 39.9 Å². The molecule has 1 aliphatic carbocycles. The Bertz CT molecular complexity index is 429. The third-order valence-electron chi connectivity index (χ3n) is 2.94. The Hall–Kier alpha value is -1.36. The first-order valence-corrected chi connectivity index (χ1v) is 6.55. The molecule has 1 aromatic rings. The van der Waals surface area contributed by atoms with E-state index in [9.17, 15) is 9.59 Å². The summed E-state index contributed by atoms with van der Waals surface area (Å²) in [6.45, 7) is 1.47. The number of amides is 1. The van der Waals surface area contributed by atoms with Crippen LogP contribution in [0.2, 0.25) is 0 Å². The van der Waals surface area contributed by atoms with Crippen molar-refractivity contribution in [3.8, 4) is 0 Å². The van der Waals surface area contributed by atoms with Crippen LogP contribution in [0.3, 0.4) is 0 Å². The fraction of sp³-hybridized carbons (Fsp3) is 0.500. The van der Waals surface area contributed by atoms with E-state index < -0.39 is 12.0 Å². The van der Waals surface area contributed by atoms with E-state index in [0.717, 1.165) is 12.8 Å². The molecule has 1 aromatic heterocycles. The number of hydrogen-bond acceptors (Lipinski definition) is 3. The molecule has 17 heavy (non-hydrogen) atoms. The molecular formula is C12H15NO3S. The number of carboxylic acids is 1. The van der Waals surface area contributed by atoms with Gasteiger partial charge >= 0.3 is 5.97 Å². The van der Waals surface area contributed by atoms with E-state index in [1.165, 1.54) is 41.5 Å². The number of carboxylic acid groups (broad SMARTS) is 1. The number of hydrogen-bond donors (Lipinski definition) is 2. The molecule has 0 aromatic carbocycles. The standard InChI is InChI=1S/C12H15NO3S/c1-7(12(15)16)13-11(14)10-6-8-4-2-3-5-9(8)17-10/h6-7H,2-5H2,1H3,(H,13,14)(H,15,16)/t7-/m0/s1. The summed E-state index contributed by atoms with van der Waals surface area (Å²) in [6, 6.07) is 1.06. The summed E-state index contributed by atoms with van der Waals surface area (Å²) in [5.41, 5.74) is 1.26. The minimum Gasteiger partial charge on any atom is -0.480 e. The second-order valence-corrected chi connectivity index (χ2v) is 5.44. The quantitative estimate of drug-likeness (QED) is 0.863. The van der Waals surface area contributed by atoms with E-state index >= 15 is 0 Å². The van der Waals surface area contributed by atoms with Crippen molar-refractivity contribution in [3.05, 3.63) is 21.4 Å². The van der Waals surface area contributed by atoms with Crippen molar-refractivity contribution in [1.82, 2.24) is 5.32 Å². The molecule has 0 saturated heterocycles. The van der Waals surface area contributed by atoms with Crippen molar-refractivity contribution in [3.63, 3.8) is 0 Å². The molecule has 4 nitrogen and oxygen atoms in total. The van der Waals surface area contributed by atoms with E-state index in [0.29, 0.717) is 4.88 Å². The number of rotatable bonds is 3. The Balaban J connectivity index is 2.09. The molecule has 1 atom stereocenters. The van der Waals surface area contributed by atoms with E-state index in [1.807, 2.05) is 6.07 Å². The van der Waals surface area contributed by atoms with Gasteiger partial charge in [-0.15, -0.1) is 11.3 Å². The lowest BCUT2D eigenvalue weighted by molar-refractivity contribution is -0.138. The summed E-state index contributed by atoms with van der Waals surface area (Å²) in [6.07, 6.45) is 4.44. The molecule has 1 amide bonds. The molecule has 0 aliphatic heterocycles. The van der Waals surface area contributed by atoms with Crippen LogP contribution in [0.4, 0.5) is 0 Å². The highest BCUT2D eigenvalue weighted by atomic mass is 32.1. The van der Waals surface area contributed by atoms with Crippen molar-refractivity contribution in [2.24, 2.45) is 0 Å². The van der Waals surface area contributed by atoms with Crippen molar-refractivity contribution in [2.45, 2.75) is 38.6 Å². The molecule has 2 N–H and O–H groups in total. The number of nitrogens with one attached hydrogen (secondary N) is 1. The van der Waals surface area contributed by atoms with Crippen LogP contribution in [-0.4, -0.2) is 23.0 Å². The van der Waals surface area contributed by atoms with E-state index in [4.69, 9.17) is 5.11 Å². The third-order valence-corrected chi connectivity index (χ3v) is 4.17. The van der Waals surface area contributed by atoms with Gasteiger partial charge in [0, 0.05) is 4.88 Å². The highest BCUT2D eigenvalue weighted by molar-refractivity contribution is 7.14. The average molecular weight is 253 g/mol. The van der Waals surface area contributed by atoms with Crippen LogP contribution >= 0.6 is 11.3 Å². The van der Waals surface area contributed by atoms with Crippen molar-refractivity contribution >= 4 is 23.2 Å². The SMILES string of the molecule is C[C@H](NC(=O)c1cc2c(s1)CCCC2)C(=O)O. The van der Waals surface area contributed by atoms with Crippen LogP contribution in [0.5, 0.6) is 0 Å². The average Bonchev–Trinajstić information content (AvgIpc) is 2.72. The first-order valence-electron chi connectivity index (χ1n) is 5.73. The van der Waals surface area contributed by atoms with Crippen LogP contribution in [0, 0.1) is 0 Å². The number of aryl methyl sites for hydroxylation is 2. The molecular weight excluding hydrogens is 238 g/mol. The van der Waals surface area contributed by atoms with Crippen LogP contribution in [-0.2, 0) is 17.6 Å². The van der Waals surface area contributed by atoms with Gasteiger partial charge in [-0.25, -0.2) is 0 Å². The fourth-order valence-corrected chi connectivity index (χ4v) is 3.09. The maximum atomic E-state index is 11.8. The summed E-state index contributed by atoms with van der Waals surface area (Å²) in [7, 11) is 0. The Morgan fingerprint density at radius 1 is 1.41 bits per heavy atom. The Morgan fingerprint density at radius 3 is 2.76 bits per heavy atom. The van der Waals surface area contributed by atoms with E-state index in [-0.39, 0.29) is 5.91 Å². The largest absolute Gasteiger partial charge is 0.480 e. The van der Waals surface area contributed by atoms with Crippen LogP contribution in [0.25, 0.3) is 0 Å². The van der Waals surface area contributed by atoms with Crippen molar-refractivity contribution in [2.75, 3.05) is 0 Å². The lowest BCUT2D eigenvalue weighted by Crippen LogP contribution is -2.37. The van der Waals surface area contributed by atoms with Gasteiger partial charge in [-0.3, -0.25) is 9.59 Å². The molecule has 0 saturated carbocycles. The second-order valence-electron chi connectivity index (χ2n) is 4.30. The maximum Gasteiger partial charge on any atom is 0.325 e. The lowest BCUT2D eigenvalue weighted by atomic mass is 9.99. The zero-order chi connectivity index (χ0) is 12.4. The monoisotopic (exact) mass is 253 g/mol. The number of carbonyl (C=O) groups excluding carboxylic acids is 1. The first-order chi connectivity index (χ1) is 8.08. The van der Waals surface area contributed by atoms with Crippen molar-refractivity contribution in [1.29, 1.82) is 0 Å². The van der Waals surface area contributed by atoms with Gasteiger partial charge in [0.05, 0.1) is 4.88 Å². The number of thiophene rings is 1. The van der Waals surface area contributed by atoms with Crippen molar-refractivity contribution < 1.29 is 14.7 Å². The summed E-state index contributed by atoms with van der Waals surface area (Å²) in [5, 5.41) is 11.2. The minimum absolute atomic E-state index is 0.278. The summed E-state index contributed by atoms with van der Waals surface area (Å²) < 4.78 is 0. The van der Waals surface area contributed by atoms with Gasteiger partial charge in [0.15, 0.2) is 0 Å². The highest BCUT2D eigenvalue weighted by Gasteiger charge is 2.20. The number of fused-ring (bicyclic) bond motifs is 1.